The molecule has 134 valence electrons. The van der Waals surface area contributed by atoms with Gasteiger partial charge in [-0.1, -0.05) is 0 Å². The fourth-order valence-corrected chi connectivity index (χ4v) is 2.14. The van der Waals surface area contributed by atoms with E-state index in [9.17, 15) is 10.2 Å². The highest BCUT2D eigenvalue weighted by molar-refractivity contribution is 5.47. The van der Waals surface area contributed by atoms with Crippen LogP contribution in [0, 0.1) is 13.8 Å². The topological polar surface area (TPSA) is 77.4 Å². The zero-order valence-corrected chi connectivity index (χ0v) is 14.3. The number of rotatable bonds is 6. The highest BCUT2D eigenvalue weighted by atomic mass is 17.2. The third kappa shape index (κ3) is 4.10. The molecule has 0 atom stereocenters. The van der Waals surface area contributed by atoms with Gasteiger partial charge in [0, 0.05) is 11.1 Å². The summed E-state index contributed by atoms with van der Waals surface area (Å²) in [6.45, 7) is 3.75. The Morgan fingerprint density at radius 3 is 1.19 bits per heavy atom. The van der Waals surface area contributed by atoms with E-state index in [0.29, 0.717) is 23.0 Å². The molecule has 2 N–H and O–H groups in total. The van der Waals surface area contributed by atoms with Gasteiger partial charge in [-0.15, -0.1) is 0 Å². The van der Waals surface area contributed by atoms with Crippen LogP contribution in [0.4, 0.5) is 0 Å². The summed E-state index contributed by atoms with van der Waals surface area (Å²) in [5.74, 6) is 2.31. The van der Waals surface area contributed by atoms with Crippen molar-refractivity contribution >= 4 is 0 Å². The Morgan fingerprint density at radius 1 is 0.500 bits per heavy atom. The number of phenols is 2. The number of aromatic hydroxyl groups is 2. The molecule has 6 nitrogen and oxygen atoms in total. The maximum Gasteiger partial charge on any atom is 0.182 e. The summed E-state index contributed by atoms with van der Waals surface area (Å²) in [5, 5.41) is 18.5. The number of hydrogen-bond donors (Lipinski definition) is 2. The first-order valence-corrected chi connectivity index (χ1v) is 7.90. The number of hydrogen-bond acceptors (Lipinski definition) is 6. The third-order valence-electron chi connectivity index (χ3n) is 3.82. The van der Waals surface area contributed by atoms with E-state index in [1.807, 2.05) is 13.8 Å². The van der Waals surface area contributed by atoms with Gasteiger partial charge in [0.25, 0.3) is 0 Å². The normalized spacial score (nSPS) is 10.2. The molecule has 0 aliphatic rings. The summed E-state index contributed by atoms with van der Waals surface area (Å²) < 4.78 is 0. The quantitative estimate of drug-likeness (QED) is 0.503. The van der Waals surface area contributed by atoms with Crippen LogP contribution >= 0.6 is 0 Å². The molecule has 3 aromatic carbocycles. The minimum atomic E-state index is 0.152. The van der Waals surface area contributed by atoms with Crippen LogP contribution in [0.2, 0.25) is 0 Å². The van der Waals surface area contributed by atoms with Crippen molar-refractivity contribution in [1.29, 1.82) is 0 Å². The van der Waals surface area contributed by atoms with E-state index >= 15 is 0 Å². The molecule has 0 radical (unpaired) electrons. The molecule has 3 aromatic rings. The van der Waals surface area contributed by atoms with Crippen LogP contribution in [0.15, 0.2) is 60.7 Å². The van der Waals surface area contributed by atoms with Gasteiger partial charge in [0.2, 0.25) is 0 Å². The first-order chi connectivity index (χ1) is 12.5. The Kier molecular flexibility index (Phi) is 5.03. The predicted octanol–water partition coefficient (Wildman–Crippen LogP) is 4.46. The van der Waals surface area contributed by atoms with Crippen molar-refractivity contribution in [2.24, 2.45) is 0 Å². The minimum Gasteiger partial charge on any atom is -0.508 e. The molecule has 3 rings (SSSR count). The van der Waals surface area contributed by atoms with Crippen LogP contribution in [0.5, 0.6) is 34.5 Å². The Labute approximate surface area is 150 Å². The van der Waals surface area contributed by atoms with E-state index in [1.54, 1.807) is 36.4 Å². The molecule has 0 aliphatic carbocycles. The van der Waals surface area contributed by atoms with Crippen molar-refractivity contribution in [3.05, 3.63) is 71.8 Å². The fraction of sp³-hybridized carbons (Fsp3) is 0.100. The Morgan fingerprint density at radius 2 is 0.846 bits per heavy atom. The van der Waals surface area contributed by atoms with Crippen LogP contribution in [0.25, 0.3) is 0 Å². The van der Waals surface area contributed by atoms with E-state index in [1.165, 1.54) is 24.3 Å². The molecule has 0 unspecified atom stereocenters. The van der Waals surface area contributed by atoms with Crippen LogP contribution in [0.3, 0.4) is 0 Å². The lowest BCUT2D eigenvalue weighted by molar-refractivity contribution is -0.104. The summed E-state index contributed by atoms with van der Waals surface area (Å²) in [4.78, 5) is 21.3. The minimum absolute atomic E-state index is 0.152. The maximum atomic E-state index is 9.26. The second-order valence-electron chi connectivity index (χ2n) is 5.63. The van der Waals surface area contributed by atoms with Crippen molar-refractivity contribution in [1.82, 2.24) is 0 Å². The maximum absolute atomic E-state index is 9.26. The van der Waals surface area contributed by atoms with Gasteiger partial charge in [0.1, 0.15) is 11.5 Å². The fourth-order valence-electron chi connectivity index (χ4n) is 2.14. The van der Waals surface area contributed by atoms with E-state index < -0.39 is 0 Å². The van der Waals surface area contributed by atoms with Crippen molar-refractivity contribution < 1.29 is 29.8 Å². The van der Waals surface area contributed by atoms with E-state index in [-0.39, 0.29) is 11.5 Å². The lowest BCUT2D eigenvalue weighted by Gasteiger charge is -2.13. The number of benzene rings is 3. The molecule has 0 aliphatic heterocycles. The molecule has 0 amide bonds. The lowest BCUT2D eigenvalue weighted by atomic mass is 10.1. The number of phenolic OH excluding ortho intramolecular Hbond substituents is 2. The molecule has 0 bridgehead atoms. The largest absolute Gasteiger partial charge is 0.508 e. The second kappa shape index (κ2) is 7.57. The van der Waals surface area contributed by atoms with Gasteiger partial charge in [-0.3, -0.25) is 19.6 Å². The van der Waals surface area contributed by atoms with Crippen molar-refractivity contribution in [2.45, 2.75) is 13.8 Å². The average molecular weight is 354 g/mol. The van der Waals surface area contributed by atoms with Crippen LogP contribution in [-0.2, 0) is 0 Å². The highest BCUT2D eigenvalue weighted by Gasteiger charge is 2.11. The van der Waals surface area contributed by atoms with Gasteiger partial charge in [-0.2, -0.15) is 0 Å². The van der Waals surface area contributed by atoms with Gasteiger partial charge >= 0.3 is 0 Å². The van der Waals surface area contributed by atoms with Crippen molar-refractivity contribution in [3.8, 4) is 34.5 Å². The van der Waals surface area contributed by atoms with E-state index in [2.05, 4.69) is 0 Å². The summed E-state index contributed by atoms with van der Waals surface area (Å²) in [7, 11) is 0. The standard InChI is InChI=1S/C20H18O6/c1-13-14(2)20(26-24-18-9-5-16(22)6-10-18)12-11-19(13)25-23-17-7-3-15(21)4-8-17/h3-12,21-22H,1-2H3. The average Bonchev–Trinajstić information content (AvgIpc) is 2.65. The monoisotopic (exact) mass is 354 g/mol. The molecule has 0 aromatic heterocycles. The first-order valence-electron chi connectivity index (χ1n) is 7.90. The van der Waals surface area contributed by atoms with Crippen LogP contribution < -0.4 is 19.6 Å². The molecule has 0 saturated heterocycles. The van der Waals surface area contributed by atoms with Gasteiger partial charge in [0.05, 0.1) is 0 Å². The summed E-state index contributed by atoms with van der Waals surface area (Å²) in [6, 6.07) is 15.8. The third-order valence-corrected chi connectivity index (χ3v) is 3.82. The molecule has 6 heteroatoms. The van der Waals surface area contributed by atoms with E-state index in [0.717, 1.165) is 11.1 Å². The zero-order chi connectivity index (χ0) is 18.5. The zero-order valence-electron chi connectivity index (χ0n) is 14.3. The van der Waals surface area contributed by atoms with Gasteiger partial charge in [-0.25, -0.2) is 0 Å². The van der Waals surface area contributed by atoms with Gasteiger partial charge in [0.15, 0.2) is 23.0 Å². The van der Waals surface area contributed by atoms with Crippen molar-refractivity contribution in [3.63, 3.8) is 0 Å². The van der Waals surface area contributed by atoms with E-state index in [4.69, 9.17) is 19.6 Å². The molecule has 0 heterocycles. The summed E-state index contributed by atoms with van der Waals surface area (Å²) >= 11 is 0. The van der Waals surface area contributed by atoms with Crippen LogP contribution in [-0.4, -0.2) is 10.2 Å². The second-order valence-corrected chi connectivity index (χ2v) is 5.63. The molecular weight excluding hydrogens is 336 g/mol. The molecule has 0 fully saturated rings. The molecular formula is C20H18O6. The van der Waals surface area contributed by atoms with Gasteiger partial charge < -0.3 is 10.2 Å². The SMILES string of the molecule is Cc1c(OOc2ccc(O)cc2)ccc(OOc2ccc(O)cc2)c1C. The Balaban J connectivity index is 1.65. The first kappa shape index (κ1) is 17.3. The van der Waals surface area contributed by atoms with Crippen molar-refractivity contribution in [2.75, 3.05) is 0 Å². The summed E-state index contributed by atoms with van der Waals surface area (Å²) in [6.07, 6.45) is 0. The molecule has 26 heavy (non-hydrogen) atoms. The Bertz CT molecular complexity index is 798. The van der Waals surface area contributed by atoms with Crippen LogP contribution in [0.1, 0.15) is 11.1 Å². The lowest BCUT2D eigenvalue weighted by Crippen LogP contribution is -2.05. The molecule has 0 spiro atoms. The molecule has 0 saturated carbocycles. The predicted molar refractivity (Wildman–Crippen MR) is 94.6 cm³/mol. The van der Waals surface area contributed by atoms with Gasteiger partial charge in [-0.05, 0) is 74.5 Å². The smallest absolute Gasteiger partial charge is 0.182 e. The summed E-state index contributed by atoms with van der Waals surface area (Å²) in [5.41, 5.74) is 1.66. The highest BCUT2D eigenvalue weighted by Crippen LogP contribution is 2.30. The Hall–Kier alpha value is -3.54.